The molecule has 1 saturated heterocycles. The molecule has 2 aromatic carbocycles. The largest absolute Gasteiger partial charge is 0.308 e. The van der Waals surface area contributed by atoms with E-state index in [9.17, 15) is 17.7 Å². The van der Waals surface area contributed by atoms with Gasteiger partial charge in [-0.05, 0) is 61.2 Å². The summed E-state index contributed by atoms with van der Waals surface area (Å²) in [6.07, 6.45) is 2.55. The number of piperidine rings is 1. The second kappa shape index (κ2) is 10.1. The van der Waals surface area contributed by atoms with Crippen LogP contribution in [0.2, 0.25) is 0 Å². The molecule has 0 aromatic heterocycles. The van der Waals surface area contributed by atoms with E-state index in [1.807, 2.05) is 6.92 Å². The molecule has 180 valence electrons. The second-order valence-electron chi connectivity index (χ2n) is 7.98. The minimum Gasteiger partial charge on any atom is -0.308 e. The first-order chi connectivity index (χ1) is 16.3. The molecule has 12 heteroatoms. The van der Waals surface area contributed by atoms with E-state index in [4.69, 9.17) is 4.55 Å². The fourth-order valence-electron chi connectivity index (χ4n) is 3.96. The zero-order valence-electron chi connectivity index (χ0n) is 18.2. The molecule has 34 heavy (non-hydrogen) atoms. The summed E-state index contributed by atoms with van der Waals surface area (Å²) in [4.78, 5) is 21.1. The van der Waals surface area contributed by atoms with Crippen molar-refractivity contribution in [2.75, 3.05) is 17.8 Å². The topological polar surface area (TPSA) is 120 Å². The highest BCUT2D eigenvalue weighted by Crippen LogP contribution is 2.32. The number of carbonyl (C=O) groups excluding carboxylic acids is 1. The molecule has 2 unspecified atom stereocenters. The van der Waals surface area contributed by atoms with E-state index in [0.717, 1.165) is 11.1 Å². The van der Waals surface area contributed by atoms with Gasteiger partial charge in [-0.15, -0.1) is 0 Å². The van der Waals surface area contributed by atoms with E-state index in [2.05, 4.69) is 20.0 Å². The molecule has 0 saturated carbocycles. The second-order valence-corrected chi connectivity index (χ2v) is 10.0. The van der Waals surface area contributed by atoms with E-state index in [0.29, 0.717) is 43.0 Å². The van der Waals surface area contributed by atoms with Crippen LogP contribution in [0.5, 0.6) is 5.75 Å². The van der Waals surface area contributed by atoms with Crippen LogP contribution in [0.3, 0.4) is 0 Å². The SMILES string of the molecule is Cc1cc(NS(=O)O)ccc1/C=C/S(=O)N1CCC2(CC1)N=C(c1cccc(OF)c1)NC2=O. The monoisotopic (exact) mass is 506 g/mol. The molecule has 1 amide bonds. The Bertz CT molecular complexity index is 1210. The van der Waals surface area contributed by atoms with Crippen molar-refractivity contribution in [1.29, 1.82) is 0 Å². The number of halogens is 1. The number of rotatable bonds is 7. The molecular weight excluding hydrogens is 483 g/mol. The molecule has 2 aliphatic heterocycles. The Hall–Kier alpha value is -2.93. The number of aliphatic imine (C=N–C) groups is 1. The molecule has 0 aliphatic carbocycles. The summed E-state index contributed by atoms with van der Waals surface area (Å²) in [6, 6.07) is 11.4. The van der Waals surface area contributed by atoms with Crippen LogP contribution < -0.4 is 15.0 Å². The molecule has 2 aliphatic rings. The number of aryl methyl sites for hydroxylation is 1. The van der Waals surface area contributed by atoms with Gasteiger partial charge in [0.05, 0.1) is 0 Å². The lowest BCUT2D eigenvalue weighted by atomic mass is 9.89. The van der Waals surface area contributed by atoms with Gasteiger partial charge in [0, 0.05) is 34.3 Å². The molecule has 1 fully saturated rings. The van der Waals surface area contributed by atoms with Gasteiger partial charge in [0.1, 0.15) is 22.4 Å². The highest BCUT2D eigenvalue weighted by molar-refractivity contribution is 7.85. The number of nitrogens with one attached hydrogen (secondary N) is 2. The fraction of sp³-hybridized carbons (Fsp3) is 0.273. The summed E-state index contributed by atoms with van der Waals surface area (Å²) in [6.45, 7) is 2.68. The molecule has 1 spiro atoms. The average Bonchev–Trinajstić information content (AvgIpc) is 3.14. The van der Waals surface area contributed by atoms with Crippen LogP contribution >= 0.6 is 0 Å². The van der Waals surface area contributed by atoms with E-state index in [-0.39, 0.29) is 11.7 Å². The van der Waals surface area contributed by atoms with Gasteiger partial charge in [-0.3, -0.25) is 24.0 Å². The van der Waals surface area contributed by atoms with Gasteiger partial charge < -0.3 is 5.32 Å². The van der Waals surface area contributed by atoms with Gasteiger partial charge in [-0.2, -0.15) is 0 Å². The third-order valence-corrected chi connectivity index (χ3v) is 7.47. The van der Waals surface area contributed by atoms with E-state index in [1.54, 1.807) is 46.1 Å². The van der Waals surface area contributed by atoms with Crippen molar-refractivity contribution in [1.82, 2.24) is 9.62 Å². The lowest BCUT2D eigenvalue weighted by molar-refractivity contribution is -0.124. The third-order valence-electron chi connectivity index (χ3n) is 5.82. The number of anilines is 1. The third kappa shape index (κ3) is 5.25. The summed E-state index contributed by atoms with van der Waals surface area (Å²) >= 11 is -2.15. The number of amidine groups is 1. The average molecular weight is 507 g/mol. The Labute approximate surface area is 201 Å². The Morgan fingerprint density at radius 1 is 1.24 bits per heavy atom. The number of hydrogen-bond donors (Lipinski definition) is 3. The summed E-state index contributed by atoms with van der Waals surface area (Å²) in [5.74, 6) is 0.178. The molecule has 0 radical (unpaired) electrons. The van der Waals surface area contributed by atoms with Gasteiger partial charge >= 0.3 is 0 Å². The molecule has 0 bridgehead atoms. The number of amides is 1. The number of hydrogen-bond acceptors (Lipinski definition) is 5. The van der Waals surface area contributed by atoms with Crippen molar-refractivity contribution in [2.45, 2.75) is 25.3 Å². The van der Waals surface area contributed by atoms with Crippen LogP contribution in [0.1, 0.15) is 29.5 Å². The maximum absolute atomic E-state index is 12.8. The smallest absolute Gasteiger partial charge is 0.259 e. The fourth-order valence-corrected chi connectivity index (χ4v) is 5.27. The van der Waals surface area contributed by atoms with Crippen LogP contribution in [0.4, 0.5) is 10.2 Å². The number of carbonyl (C=O) groups is 1. The minimum atomic E-state index is -2.15. The molecule has 2 aromatic rings. The minimum absolute atomic E-state index is 0.0249. The highest BCUT2D eigenvalue weighted by Gasteiger charge is 2.46. The Balaban J connectivity index is 1.40. The first kappa shape index (κ1) is 24.2. The normalized spacial score (nSPS) is 19.6. The lowest BCUT2D eigenvalue weighted by Crippen LogP contribution is -2.49. The lowest BCUT2D eigenvalue weighted by Gasteiger charge is -2.33. The van der Waals surface area contributed by atoms with Crippen molar-refractivity contribution in [3.05, 3.63) is 64.6 Å². The Morgan fingerprint density at radius 3 is 2.68 bits per heavy atom. The molecule has 2 heterocycles. The molecule has 9 nitrogen and oxygen atoms in total. The predicted octanol–water partition coefficient (Wildman–Crippen LogP) is 2.85. The Kier molecular flexibility index (Phi) is 7.22. The van der Waals surface area contributed by atoms with Gasteiger partial charge in [0.15, 0.2) is 5.75 Å². The highest BCUT2D eigenvalue weighted by atomic mass is 32.2. The molecule has 3 N–H and O–H groups in total. The predicted molar refractivity (Wildman–Crippen MR) is 129 cm³/mol. The van der Waals surface area contributed by atoms with Crippen molar-refractivity contribution in [3.63, 3.8) is 0 Å². The quantitative estimate of drug-likeness (QED) is 0.499. The maximum Gasteiger partial charge on any atom is 0.259 e. The number of benzene rings is 2. The van der Waals surface area contributed by atoms with Crippen molar-refractivity contribution in [2.24, 2.45) is 4.99 Å². The van der Waals surface area contributed by atoms with Gasteiger partial charge in [0.2, 0.25) is 0 Å². The van der Waals surface area contributed by atoms with Crippen molar-refractivity contribution in [3.8, 4) is 5.75 Å². The van der Waals surface area contributed by atoms with E-state index >= 15 is 0 Å². The molecule has 2 atom stereocenters. The van der Waals surface area contributed by atoms with Crippen molar-refractivity contribution >= 4 is 45.8 Å². The summed E-state index contributed by atoms with van der Waals surface area (Å²) in [7, 11) is -1.40. The van der Waals surface area contributed by atoms with Crippen LogP contribution in [-0.4, -0.2) is 47.6 Å². The van der Waals surface area contributed by atoms with Crippen LogP contribution in [0, 0.1) is 6.92 Å². The van der Waals surface area contributed by atoms with E-state index < -0.39 is 27.8 Å². The Morgan fingerprint density at radius 2 is 2.00 bits per heavy atom. The van der Waals surface area contributed by atoms with Crippen molar-refractivity contribution < 1.29 is 27.2 Å². The van der Waals surface area contributed by atoms with Gasteiger partial charge in [0.25, 0.3) is 17.2 Å². The zero-order chi connectivity index (χ0) is 24.3. The first-order valence-electron chi connectivity index (χ1n) is 10.4. The van der Waals surface area contributed by atoms with Crippen LogP contribution in [-0.2, 0) is 27.0 Å². The first-order valence-corrected chi connectivity index (χ1v) is 12.7. The van der Waals surface area contributed by atoms with Gasteiger partial charge in [-0.1, -0.05) is 18.2 Å². The van der Waals surface area contributed by atoms with Crippen LogP contribution in [0.15, 0.2) is 52.9 Å². The molecular formula is C22H23FN4O5S2. The maximum atomic E-state index is 12.8. The summed E-state index contributed by atoms with van der Waals surface area (Å²) in [5.41, 5.74) is 1.82. The standard InChI is InChI=1S/C22H23FN4O5S2/c1-15-13-18(26-34(30)31)6-5-16(15)7-12-33(29)27-10-8-22(9-11-27)21(28)24-20(25-22)17-3-2-4-19(14-17)32-23/h2-7,12-14,26H,8-11H2,1H3,(H,30,31)(H,24,25,28)/b12-7+. The zero-order valence-corrected chi connectivity index (χ0v) is 19.8. The summed E-state index contributed by atoms with van der Waals surface area (Å²) in [5, 5.41) is 4.37. The van der Waals surface area contributed by atoms with Crippen LogP contribution in [0.25, 0.3) is 6.08 Å². The van der Waals surface area contributed by atoms with Gasteiger partial charge in [-0.25, -0.2) is 12.7 Å². The van der Waals surface area contributed by atoms with E-state index in [1.165, 1.54) is 12.1 Å². The summed E-state index contributed by atoms with van der Waals surface area (Å²) < 4.78 is 49.3. The molecule has 4 rings (SSSR count). The number of nitrogens with zero attached hydrogens (tertiary/aromatic N) is 2.